The van der Waals surface area contributed by atoms with E-state index >= 15 is 0 Å². The van der Waals surface area contributed by atoms with Gasteiger partial charge in [-0.05, 0) is 12.8 Å². The normalized spacial score (nSPS) is 18.3. The maximum atomic E-state index is 11.7. The van der Waals surface area contributed by atoms with E-state index in [1.54, 1.807) is 12.4 Å². The molecule has 0 aromatic carbocycles. The molecule has 1 aliphatic rings. The minimum atomic E-state index is -0.306. The highest BCUT2D eigenvalue weighted by Gasteiger charge is 2.31. The monoisotopic (exact) mass is 220 g/mol. The van der Waals surface area contributed by atoms with E-state index in [1.807, 2.05) is 0 Å². The van der Waals surface area contributed by atoms with Crippen LogP contribution >= 0.6 is 0 Å². The Labute approximate surface area is 94.5 Å². The highest BCUT2D eigenvalue weighted by Crippen LogP contribution is 2.30. The number of rotatable bonds is 3. The quantitative estimate of drug-likeness (QED) is 0.798. The molecule has 1 heterocycles. The van der Waals surface area contributed by atoms with Gasteiger partial charge in [0.15, 0.2) is 0 Å². The fourth-order valence-electron chi connectivity index (χ4n) is 2.14. The van der Waals surface area contributed by atoms with Gasteiger partial charge in [-0.1, -0.05) is 12.8 Å². The van der Waals surface area contributed by atoms with Gasteiger partial charge in [0, 0.05) is 12.0 Å². The highest BCUT2D eigenvalue weighted by molar-refractivity contribution is 5.91. The van der Waals surface area contributed by atoms with E-state index in [1.165, 1.54) is 6.33 Å². The van der Waals surface area contributed by atoms with Gasteiger partial charge in [-0.15, -0.1) is 0 Å². The Bertz CT molecular complexity index is 360. The molecular formula is C11H16N4O. The van der Waals surface area contributed by atoms with Gasteiger partial charge >= 0.3 is 0 Å². The average Bonchev–Trinajstić information content (AvgIpc) is 2.66. The van der Waals surface area contributed by atoms with Crippen molar-refractivity contribution in [3.8, 4) is 0 Å². The number of nitrogens with zero attached hydrogens (tertiary/aromatic N) is 2. The number of nitrogens with two attached hydrogens (primary N) is 1. The summed E-state index contributed by atoms with van der Waals surface area (Å²) < 4.78 is 0. The minimum Gasteiger partial charge on any atom is -0.325 e. The van der Waals surface area contributed by atoms with Crippen molar-refractivity contribution in [3.05, 3.63) is 18.7 Å². The van der Waals surface area contributed by atoms with E-state index in [0.29, 0.717) is 12.1 Å². The number of anilines is 1. The summed E-state index contributed by atoms with van der Waals surface area (Å²) in [6, 6.07) is 0. The Balaban J connectivity index is 1.89. The van der Waals surface area contributed by atoms with Crippen LogP contribution in [0.5, 0.6) is 0 Å². The van der Waals surface area contributed by atoms with Crippen molar-refractivity contribution in [2.45, 2.75) is 37.6 Å². The van der Waals surface area contributed by atoms with Crippen molar-refractivity contribution in [3.63, 3.8) is 0 Å². The maximum absolute atomic E-state index is 11.7. The maximum Gasteiger partial charge on any atom is 0.226 e. The molecule has 5 nitrogen and oxygen atoms in total. The summed E-state index contributed by atoms with van der Waals surface area (Å²) in [7, 11) is 0. The molecule has 0 aliphatic heterocycles. The molecule has 2 rings (SSSR count). The first-order valence-corrected chi connectivity index (χ1v) is 5.52. The smallest absolute Gasteiger partial charge is 0.226 e. The lowest BCUT2D eigenvalue weighted by Crippen LogP contribution is -2.40. The number of nitrogens with one attached hydrogen (secondary N) is 1. The zero-order valence-corrected chi connectivity index (χ0v) is 9.15. The second-order valence-corrected chi connectivity index (χ2v) is 4.42. The van der Waals surface area contributed by atoms with Gasteiger partial charge in [-0.2, -0.15) is 0 Å². The Hall–Kier alpha value is -1.49. The predicted octanol–water partition coefficient (Wildman–Crippen LogP) is 1.08. The molecule has 1 saturated carbocycles. The lowest BCUT2D eigenvalue weighted by Gasteiger charge is -2.22. The summed E-state index contributed by atoms with van der Waals surface area (Å²) in [6.45, 7) is 0. The number of hydrogen-bond acceptors (Lipinski definition) is 4. The largest absolute Gasteiger partial charge is 0.325 e. The molecule has 0 spiro atoms. The Morgan fingerprint density at radius 1 is 1.38 bits per heavy atom. The predicted molar refractivity (Wildman–Crippen MR) is 60.7 cm³/mol. The standard InChI is InChI=1S/C11H16N4O/c12-11(3-1-2-4-11)5-10(16)15-9-6-13-8-14-7-9/h6-8H,1-5,12H2,(H,15,16). The molecule has 1 aliphatic carbocycles. The molecule has 0 atom stereocenters. The van der Waals surface area contributed by atoms with Gasteiger partial charge in [0.05, 0.1) is 18.1 Å². The molecule has 86 valence electrons. The van der Waals surface area contributed by atoms with Crippen LogP contribution in [0.25, 0.3) is 0 Å². The van der Waals surface area contributed by atoms with E-state index in [0.717, 1.165) is 25.7 Å². The first-order valence-electron chi connectivity index (χ1n) is 5.52. The van der Waals surface area contributed by atoms with Crippen LogP contribution in [0, 0.1) is 0 Å². The van der Waals surface area contributed by atoms with Crippen molar-refractivity contribution in [2.24, 2.45) is 5.73 Å². The molecule has 5 heteroatoms. The molecule has 0 unspecified atom stereocenters. The van der Waals surface area contributed by atoms with E-state index in [9.17, 15) is 4.79 Å². The Morgan fingerprint density at radius 3 is 2.62 bits per heavy atom. The van der Waals surface area contributed by atoms with Crippen LogP contribution in [0.15, 0.2) is 18.7 Å². The van der Waals surface area contributed by atoms with Crippen LogP contribution in [-0.2, 0) is 4.79 Å². The van der Waals surface area contributed by atoms with E-state index in [2.05, 4.69) is 15.3 Å². The third kappa shape index (κ3) is 2.76. The van der Waals surface area contributed by atoms with Gasteiger partial charge in [0.1, 0.15) is 6.33 Å². The number of amides is 1. The van der Waals surface area contributed by atoms with E-state index in [-0.39, 0.29) is 11.4 Å². The fraction of sp³-hybridized carbons (Fsp3) is 0.545. The fourth-order valence-corrected chi connectivity index (χ4v) is 2.14. The topological polar surface area (TPSA) is 80.9 Å². The first kappa shape index (κ1) is 11.0. The molecule has 1 aromatic rings. The minimum absolute atomic E-state index is 0.0563. The van der Waals surface area contributed by atoms with Crippen LogP contribution in [0.4, 0.5) is 5.69 Å². The number of carbonyl (C=O) groups excluding carboxylic acids is 1. The summed E-state index contributed by atoms with van der Waals surface area (Å²) >= 11 is 0. The molecule has 0 radical (unpaired) electrons. The van der Waals surface area contributed by atoms with Gasteiger partial charge in [0.2, 0.25) is 5.91 Å². The van der Waals surface area contributed by atoms with Crippen LogP contribution in [0.2, 0.25) is 0 Å². The molecule has 3 N–H and O–H groups in total. The highest BCUT2D eigenvalue weighted by atomic mass is 16.1. The molecule has 1 aromatic heterocycles. The van der Waals surface area contributed by atoms with Gasteiger partial charge in [0.25, 0.3) is 0 Å². The first-order chi connectivity index (χ1) is 7.68. The third-order valence-corrected chi connectivity index (χ3v) is 2.96. The lowest BCUT2D eigenvalue weighted by molar-refractivity contribution is -0.117. The number of hydrogen-bond donors (Lipinski definition) is 2. The third-order valence-electron chi connectivity index (χ3n) is 2.96. The second kappa shape index (κ2) is 4.57. The molecular weight excluding hydrogens is 204 g/mol. The van der Waals surface area contributed by atoms with Crippen LogP contribution < -0.4 is 11.1 Å². The average molecular weight is 220 g/mol. The van der Waals surface area contributed by atoms with Crippen molar-refractivity contribution in [1.29, 1.82) is 0 Å². The second-order valence-electron chi connectivity index (χ2n) is 4.42. The van der Waals surface area contributed by atoms with Crippen molar-refractivity contribution in [1.82, 2.24) is 9.97 Å². The Morgan fingerprint density at radius 2 is 2.00 bits per heavy atom. The van der Waals surface area contributed by atoms with E-state index < -0.39 is 0 Å². The van der Waals surface area contributed by atoms with Crippen molar-refractivity contribution >= 4 is 11.6 Å². The molecule has 16 heavy (non-hydrogen) atoms. The SMILES string of the molecule is NC1(CC(=O)Nc2cncnc2)CCCC1. The van der Waals surface area contributed by atoms with Crippen molar-refractivity contribution < 1.29 is 4.79 Å². The van der Waals surface area contributed by atoms with Gasteiger partial charge in [-0.25, -0.2) is 9.97 Å². The molecule has 0 bridgehead atoms. The summed E-state index contributed by atoms with van der Waals surface area (Å²) in [5.41, 5.74) is 6.44. The summed E-state index contributed by atoms with van der Waals surface area (Å²) in [5, 5.41) is 2.75. The summed E-state index contributed by atoms with van der Waals surface area (Å²) in [4.78, 5) is 19.4. The van der Waals surface area contributed by atoms with Crippen LogP contribution in [0.1, 0.15) is 32.1 Å². The van der Waals surface area contributed by atoms with Gasteiger partial charge in [-0.3, -0.25) is 4.79 Å². The number of carbonyl (C=O) groups is 1. The summed E-state index contributed by atoms with van der Waals surface area (Å²) in [5.74, 6) is -0.0563. The van der Waals surface area contributed by atoms with Gasteiger partial charge < -0.3 is 11.1 Å². The van der Waals surface area contributed by atoms with Crippen molar-refractivity contribution in [2.75, 3.05) is 5.32 Å². The lowest BCUT2D eigenvalue weighted by atomic mass is 9.94. The molecule has 1 fully saturated rings. The summed E-state index contributed by atoms with van der Waals surface area (Å²) in [6.07, 6.45) is 9.07. The van der Waals surface area contributed by atoms with E-state index in [4.69, 9.17) is 5.73 Å². The Kier molecular flexibility index (Phi) is 3.14. The number of aromatic nitrogens is 2. The molecule has 1 amide bonds. The van der Waals surface area contributed by atoms with Crippen LogP contribution in [-0.4, -0.2) is 21.4 Å². The zero-order valence-electron chi connectivity index (χ0n) is 9.15. The molecule has 0 saturated heterocycles. The van der Waals surface area contributed by atoms with Crippen LogP contribution in [0.3, 0.4) is 0 Å². The zero-order chi connectivity index (χ0) is 11.4.